The summed E-state index contributed by atoms with van der Waals surface area (Å²) in [5, 5.41) is 6.09. The summed E-state index contributed by atoms with van der Waals surface area (Å²) in [7, 11) is 0. The second-order valence-corrected chi connectivity index (χ2v) is 15.5. The number of rotatable bonds is 6. The maximum absolute atomic E-state index is 15.2. The Hall–Kier alpha value is -7.08. The molecule has 0 saturated heterocycles. The molecule has 0 fully saturated rings. The molecule has 0 N–H and O–H groups in total. The number of halogens is 2. The number of anilines is 3. The molecular formula is C52H32F2N2S. The SMILES string of the molecule is Fc1cc(F)c2c3ccccc3n(-c3cccc(-c4ccc(N(c5cccc(-c6cccc7sc8ccccc8c67)c5)c5ccc6ccccc6c5)cc4)c3)c2c1. The zero-order chi connectivity index (χ0) is 38.0. The molecule has 2 aromatic heterocycles. The van der Waals surface area contributed by atoms with Gasteiger partial charge in [-0.05, 0) is 106 Å². The standard InChI is InChI=1S/C52H32F2N2S/c53-38-31-46(54)52-44-16-3-5-19-47(44)56(48(52)32-38)41-15-7-12-36(28-41)34-22-25-39(26-23-34)55(42-27-24-33-10-1-2-11-35(33)29-42)40-14-8-13-37(30-40)43-18-9-21-50-51(43)45-17-4-6-20-49(45)57-50/h1-32H. The number of benzene rings is 9. The molecule has 0 atom stereocenters. The fourth-order valence-electron chi connectivity index (χ4n) is 8.51. The zero-order valence-corrected chi connectivity index (χ0v) is 31.4. The molecule has 0 aliphatic heterocycles. The van der Waals surface area contributed by atoms with Crippen LogP contribution in [0.25, 0.3) is 80.7 Å². The van der Waals surface area contributed by atoms with Crippen LogP contribution in [0.4, 0.5) is 25.8 Å². The predicted octanol–water partition coefficient (Wildman–Crippen LogP) is 15.4. The van der Waals surface area contributed by atoms with Gasteiger partial charge < -0.3 is 9.47 Å². The van der Waals surface area contributed by atoms with Crippen LogP contribution in [0.2, 0.25) is 0 Å². The van der Waals surface area contributed by atoms with Crippen molar-refractivity contribution < 1.29 is 8.78 Å². The van der Waals surface area contributed by atoms with Crippen molar-refractivity contribution >= 4 is 81.1 Å². The minimum atomic E-state index is -0.602. The summed E-state index contributed by atoms with van der Waals surface area (Å²) in [5.74, 6) is -1.17. The van der Waals surface area contributed by atoms with E-state index in [1.807, 2.05) is 52.3 Å². The highest BCUT2D eigenvalue weighted by molar-refractivity contribution is 7.25. The first-order valence-electron chi connectivity index (χ1n) is 19.0. The fraction of sp³-hybridized carbons (Fsp3) is 0. The minimum Gasteiger partial charge on any atom is -0.310 e. The van der Waals surface area contributed by atoms with Crippen LogP contribution < -0.4 is 4.90 Å². The molecule has 0 saturated carbocycles. The van der Waals surface area contributed by atoms with Crippen molar-refractivity contribution in [2.24, 2.45) is 0 Å². The third-order valence-corrected chi connectivity index (χ3v) is 12.2. The highest BCUT2D eigenvalue weighted by Gasteiger charge is 2.19. The van der Waals surface area contributed by atoms with Gasteiger partial charge in [-0.15, -0.1) is 11.3 Å². The molecule has 0 amide bonds. The van der Waals surface area contributed by atoms with Gasteiger partial charge in [0.25, 0.3) is 0 Å². The van der Waals surface area contributed by atoms with Crippen molar-refractivity contribution in [3.8, 4) is 27.9 Å². The summed E-state index contributed by atoms with van der Waals surface area (Å²) in [6.45, 7) is 0. The van der Waals surface area contributed by atoms with Crippen LogP contribution in [0.3, 0.4) is 0 Å². The summed E-state index contributed by atoms with van der Waals surface area (Å²) in [6, 6.07) is 66.0. The van der Waals surface area contributed by atoms with Crippen LogP contribution in [-0.4, -0.2) is 4.57 Å². The topological polar surface area (TPSA) is 8.17 Å². The highest BCUT2D eigenvalue weighted by Crippen LogP contribution is 2.43. The van der Waals surface area contributed by atoms with Gasteiger partial charge in [-0.3, -0.25) is 0 Å². The van der Waals surface area contributed by atoms with Crippen molar-refractivity contribution in [1.82, 2.24) is 4.57 Å². The van der Waals surface area contributed by atoms with Gasteiger partial charge in [0, 0.05) is 59.8 Å². The Morgan fingerprint density at radius 1 is 0.421 bits per heavy atom. The normalized spacial score (nSPS) is 11.7. The van der Waals surface area contributed by atoms with Gasteiger partial charge in [-0.2, -0.15) is 0 Å². The molecule has 0 spiro atoms. The maximum atomic E-state index is 15.2. The average molecular weight is 755 g/mol. The van der Waals surface area contributed by atoms with Gasteiger partial charge in [0.1, 0.15) is 11.6 Å². The molecule has 0 radical (unpaired) electrons. The summed E-state index contributed by atoms with van der Waals surface area (Å²) >= 11 is 1.84. The van der Waals surface area contributed by atoms with E-state index in [-0.39, 0.29) is 0 Å². The zero-order valence-electron chi connectivity index (χ0n) is 30.5. The molecule has 2 heterocycles. The van der Waals surface area contributed by atoms with Gasteiger partial charge in [0.2, 0.25) is 0 Å². The second kappa shape index (κ2) is 13.3. The Labute approximate surface area is 331 Å². The van der Waals surface area contributed by atoms with Crippen molar-refractivity contribution in [2.75, 3.05) is 4.90 Å². The average Bonchev–Trinajstić information content (AvgIpc) is 3.80. The Morgan fingerprint density at radius 2 is 1.12 bits per heavy atom. The van der Waals surface area contributed by atoms with Gasteiger partial charge in [0.05, 0.1) is 11.0 Å². The first kappa shape index (κ1) is 33.3. The van der Waals surface area contributed by atoms with Crippen LogP contribution in [-0.2, 0) is 0 Å². The Kier molecular flexibility index (Phi) is 7.76. The number of nitrogens with zero attached hydrogens (tertiary/aromatic N) is 2. The molecule has 270 valence electrons. The predicted molar refractivity (Wildman–Crippen MR) is 237 cm³/mol. The van der Waals surface area contributed by atoms with E-state index in [1.165, 1.54) is 42.6 Å². The van der Waals surface area contributed by atoms with E-state index in [4.69, 9.17) is 0 Å². The molecule has 0 aliphatic carbocycles. The van der Waals surface area contributed by atoms with Crippen LogP contribution in [0.5, 0.6) is 0 Å². The van der Waals surface area contributed by atoms with Gasteiger partial charge in [0.15, 0.2) is 0 Å². The third-order valence-electron chi connectivity index (χ3n) is 11.1. The lowest BCUT2D eigenvalue weighted by molar-refractivity contribution is 0.592. The van der Waals surface area contributed by atoms with E-state index in [0.717, 1.165) is 56.4 Å². The van der Waals surface area contributed by atoms with E-state index in [9.17, 15) is 4.39 Å². The van der Waals surface area contributed by atoms with Crippen molar-refractivity contribution in [3.63, 3.8) is 0 Å². The molecule has 0 unspecified atom stereocenters. The lowest BCUT2D eigenvalue weighted by Gasteiger charge is -2.26. The third kappa shape index (κ3) is 5.58. The summed E-state index contributed by atoms with van der Waals surface area (Å²) in [5.41, 5.74) is 9.69. The molecule has 11 rings (SSSR count). The number of aromatic nitrogens is 1. The van der Waals surface area contributed by atoms with E-state index < -0.39 is 11.6 Å². The van der Waals surface area contributed by atoms with Crippen molar-refractivity contribution in [3.05, 3.63) is 206 Å². The monoisotopic (exact) mass is 754 g/mol. The lowest BCUT2D eigenvalue weighted by atomic mass is 9.98. The smallest absolute Gasteiger partial charge is 0.136 e. The summed E-state index contributed by atoms with van der Waals surface area (Å²) in [6.07, 6.45) is 0. The summed E-state index contributed by atoms with van der Waals surface area (Å²) < 4.78 is 34.4. The molecule has 2 nitrogen and oxygen atoms in total. The first-order valence-corrected chi connectivity index (χ1v) is 19.8. The van der Waals surface area contributed by atoms with E-state index in [1.54, 1.807) is 0 Å². The van der Waals surface area contributed by atoms with Gasteiger partial charge in [-0.25, -0.2) is 8.78 Å². The molecule has 5 heteroatoms. The molecule has 11 aromatic rings. The fourth-order valence-corrected chi connectivity index (χ4v) is 9.64. The Morgan fingerprint density at radius 3 is 2.02 bits per heavy atom. The highest BCUT2D eigenvalue weighted by atomic mass is 32.1. The number of para-hydroxylation sites is 1. The maximum Gasteiger partial charge on any atom is 0.136 e. The van der Waals surface area contributed by atoms with Gasteiger partial charge in [-0.1, -0.05) is 115 Å². The van der Waals surface area contributed by atoms with E-state index in [0.29, 0.717) is 10.9 Å². The minimum absolute atomic E-state index is 0.417. The molecule has 9 aromatic carbocycles. The Bertz CT molecular complexity index is 3340. The van der Waals surface area contributed by atoms with Crippen LogP contribution in [0.15, 0.2) is 194 Å². The summed E-state index contributed by atoms with van der Waals surface area (Å²) in [4.78, 5) is 2.32. The van der Waals surface area contributed by atoms with E-state index in [2.05, 4.69) is 150 Å². The molecular weight excluding hydrogens is 723 g/mol. The first-order chi connectivity index (χ1) is 28.1. The number of hydrogen-bond acceptors (Lipinski definition) is 2. The lowest BCUT2D eigenvalue weighted by Crippen LogP contribution is -2.10. The quantitative estimate of drug-likeness (QED) is 0.164. The van der Waals surface area contributed by atoms with Crippen molar-refractivity contribution in [2.45, 2.75) is 0 Å². The Balaban J connectivity index is 1.03. The second-order valence-electron chi connectivity index (χ2n) is 14.4. The van der Waals surface area contributed by atoms with Gasteiger partial charge >= 0.3 is 0 Å². The molecule has 0 bridgehead atoms. The van der Waals surface area contributed by atoms with Crippen molar-refractivity contribution in [1.29, 1.82) is 0 Å². The number of thiophene rings is 1. The molecule has 57 heavy (non-hydrogen) atoms. The largest absolute Gasteiger partial charge is 0.310 e. The number of hydrogen-bond donors (Lipinski definition) is 0. The van der Waals surface area contributed by atoms with E-state index >= 15 is 4.39 Å². The van der Waals surface area contributed by atoms with Crippen LogP contribution >= 0.6 is 11.3 Å². The van der Waals surface area contributed by atoms with Crippen LogP contribution in [0.1, 0.15) is 0 Å². The van der Waals surface area contributed by atoms with Crippen LogP contribution in [0, 0.1) is 11.6 Å². The molecule has 0 aliphatic rings. The number of fused-ring (bicyclic) bond motifs is 7.